The van der Waals surface area contributed by atoms with Crippen LogP contribution in [-0.4, -0.2) is 22.2 Å². The van der Waals surface area contributed by atoms with Crippen LogP contribution in [0.1, 0.15) is 64.1 Å². The third-order valence-corrected chi connectivity index (χ3v) is 5.10. The summed E-state index contributed by atoms with van der Waals surface area (Å²) in [6.07, 6.45) is 4.13. The highest BCUT2D eigenvalue weighted by Gasteiger charge is 2.31. The average Bonchev–Trinajstić information content (AvgIpc) is 2.82. The number of thiazole rings is 1. The second-order valence-corrected chi connectivity index (χ2v) is 8.33. The van der Waals surface area contributed by atoms with Crippen LogP contribution in [0.25, 0.3) is 0 Å². The minimum Gasteiger partial charge on any atom is -0.389 e. The van der Waals surface area contributed by atoms with Crippen molar-refractivity contribution < 1.29 is 5.11 Å². The molecule has 1 saturated carbocycles. The molecule has 1 aliphatic rings. The molecule has 0 bridgehead atoms. The molecule has 20 heavy (non-hydrogen) atoms. The highest BCUT2D eigenvalue weighted by atomic mass is 32.1. The first-order chi connectivity index (χ1) is 9.28. The van der Waals surface area contributed by atoms with Gasteiger partial charge in [0, 0.05) is 23.9 Å². The molecule has 0 amide bonds. The van der Waals surface area contributed by atoms with E-state index < -0.39 is 5.60 Å². The van der Waals surface area contributed by atoms with Crippen LogP contribution in [0.2, 0.25) is 0 Å². The van der Waals surface area contributed by atoms with E-state index in [4.69, 9.17) is 0 Å². The number of rotatable bonds is 4. The molecule has 4 heteroatoms. The van der Waals surface area contributed by atoms with E-state index in [9.17, 15) is 5.11 Å². The smallest absolute Gasteiger partial charge is 0.107 e. The SMILES string of the molecule is CC1CCC(O)(CNCc2nc(C(C)(C)C)cs2)CC1. The summed E-state index contributed by atoms with van der Waals surface area (Å²) in [6, 6.07) is 0. The van der Waals surface area contributed by atoms with E-state index in [1.807, 2.05) is 0 Å². The molecule has 2 N–H and O–H groups in total. The van der Waals surface area contributed by atoms with Crippen molar-refractivity contribution in [2.75, 3.05) is 6.54 Å². The van der Waals surface area contributed by atoms with Crippen molar-refractivity contribution in [3.63, 3.8) is 0 Å². The van der Waals surface area contributed by atoms with E-state index in [-0.39, 0.29) is 5.41 Å². The Morgan fingerprint density at radius 1 is 1.40 bits per heavy atom. The van der Waals surface area contributed by atoms with Crippen molar-refractivity contribution >= 4 is 11.3 Å². The first-order valence-electron chi connectivity index (χ1n) is 7.66. The first-order valence-corrected chi connectivity index (χ1v) is 8.54. The highest BCUT2D eigenvalue weighted by molar-refractivity contribution is 7.09. The maximum absolute atomic E-state index is 10.5. The molecule has 1 aromatic heterocycles. The minimum absolute atomic E-state index is 0.118. The topological polar surface area (TPSA) is 45.1 Å². The number of hydrogen-bond donors (Lipinski definition) is 2. The molecule has 1 fully saturated rings. The van der Waals surface area contributed by atoms with E-state index in [1.165, 1.54) is 0 Å². The van der Waals surface area contributed by atoms with Gasteiger partial charge in [-0.05, 0) is 31.6 Å². The fourth-order valence-electron chi connectivity index (χ4n) is 2.61. The van der Waals surface area contributed by atoms with Gasteiger partial charge in [-0.1, -0.05) is 27.7 Å². The Balaban J connectivity index is 1.80. The summed E-state index contributed by atoms with van der Waals surface area (Å²) in [5.41, 5.74) is 0.771. The standard InChI is InChI=1S/C16H28N2OS/c1-12-5-7-16(19,8-6-12)11-17-9-14-18-13(10-20-14)15(2,3)4/h10,12,17,19H,5-9,11H2,1-4H3. The molecule has 1 heterocycles. The number of nitrogens with zero attached hydrogens (tertiary/aromatic N) is 1. The van der Waals surface area contributed by atoms with Crippen LogP contribution in [0.3, 0.4) is 0 Å². The molecule has 0 aromatic carbocycles. The minimum atomic E-state index is -0.503. The van der Waals surface area contributed by atoms with Crippen molar-refractivity contribution in [1.29, 1.82) is 0 Å². The van der Waals surface area contributed by atoms with E-state index in [2.05, 4.69) is 43.4 Å². The first kappa shape index (κ1) is 15.9. The van der Waals surface area contributed by atoms with Crippen LogP contribution >= 0.6 is 11.3 Å². The predicted octanol–water partition coefficient (Wildman–Crippen LogP) is 3.47. The molecule has 3 nitrogen and oxygen atoms in total. The maximum atomic E-state index is 10.5. The number of aliphatic hydroxyl groups is 1. The summed E-state index contributed by atoms with van der Waals surface area (Å²) in [5, 5.41) is 17.2. The molecule has 1 aliphatic carbocycles. The van der Waals surface area contributed by atoms with E-state index in [1.54, 1.807) is 11.3 Å². The van der Waals surface area contributed by atoms with Crippen LogP contribution in [0, 0.1) is 5.92 Å². The van der Waals surface area contributed by atoms with Gasteiger partial charge in [-0.2, -0.15) is 0 Å². The quantitative estimate of drug-likeness (QED) is 0.894. The molecule has 114 valence electrons. The van der Waals surface area contributed by atoms with Gasteiger partial charge in [0.25, 0.3) is 0 Å². The summed E-state index contributed by atoms with van der Waals surface area (Å²) in [5.74, 6) is 0.767. The van der Waals surface area contributed by atoms with Gasteiger partial charge in [0.2, 0.25) is 0 Å². The second kappa shape index (κ2) is 6.12. The monoisotopic (exact) mass is 296 g/mol. The molecule has 0 aliphatic heterocycles. The van der Waals surface area contributed by atoms with Crippen molar-refractivity contribution in [2.45, 2.75) is 70.9 Å². The predicted molar refractivity (Wildman–Crippen MR) is 85.1 cm³/mol. The number of aromatic nitrogens is 1. The van der Waals surface area contributed by atoms with Gasteiger partial charge >= 0.3 is 0 Å². The van der Waals surface area contributed by atoms with E-state index in [0.29, 0.717) is 6.54 Å². The largest absolute Gasteiger partial charge is 0.389 e. The van der Waals surface area contributed by atoms with Gasteiger partial charge in [-0.25, -0.2) is 4.98 Å². The lowest BCUT2D eigenvalue weighted by Crippen LogP contribution is -2.43. The molecule has 1 aromatic rings. The lowest BCUT2D eigenvalue weighted by Gasteiger charge is -2.35. The number of hydrogen-bond acceptors (Lipinski definition) is 4. The zero-order valence-corrected chi connectivity index (χ0v) is 14.0. The van der Waals surface area contributed by atoms with Gasteiger partial charge in [0.15, 0.2) is 0 Å². The molecular formula is C16H28N2OS. The molecule has 0 radical (unpaired) electrons. The zero-order chi connectivity index (χ0) is 14.8. The average molecular weight is 296 g/mol. The third kappa shape index (κ3) is 4.27. The summed E-state index contributed by atoms with van der Waals surface area (Å²) in [7, 11) is 0. The summed E-state index contributed by atoms with van der Waals surface area (Å²) < 4.78 is 0. The van der Waals surface area contributed by atoms with Crippen LogP contribution in [0.15, 0.2) is 5.38 Å². The lowest BCUT2D eigenvalue weighted by atomic mass is 9.79. The van der Waals surface area contributed by atoms with Crippen molar-refractivity contribution in [3.8, 4) is 0 Å². The molecule has 0 saturated heterocycles. The third-order valence-electron chi connectivity index (χ3n) is 4.26. The Morgan fingerprint density at radius 3 is 2.60 bits per heavy atom. The molecule has 0 atom stereocenters. The van der Waals surface area contributed by atoms with Gasteiger partial charge in [-0.15, -0.1) is 11.3 Å². The van der Waals surface area contributed by atoms with E-state index in [0.717, 1.165) is 48.8 Å². The Kier molecular flexibility index (Phi) is 4.88. The van der Waals surface area contributed by atoms with Gasteiger partial charge in [0.1, 0.15) is 5.01 Å². The lowest BCUT2D eigenvalue weighted by molar-refractivity contribution is -0.00630. The fraction of sp³-hybridized carbons (Fsp3) is 0.812. The zero-order valence-electron chi connectivity index (χ0n) is 13.2. The van der Waals surface area contributed by atoms with Crippen molar-refractivity contribution in [3.05, 3.63) is 16.1 Å². The Hall–Kier alpha value is -0.450. The fourth-order valence-corrected chi connectivity index (χ4v) is 3.61. The summed E-state index contributed by atoms with van der Waals surface area (Å²) in [4.78, 5) is 4.67. The Bertz CT molecular complexity index is 428. The van der Waals surface area contributed by atoms with Crippen LogP contribution < -0.4 is 5.32 Å². The molecular weight excluding hydrogens is 268 g/mol. The van der Waals surface area contributed by atoms with Crippen molar-refractivity contribution in [2.24, 2.45) is 5.92 Å². The Morgan fingerprint density at radius 2 is 2.05 bits per heavy atom. The second-order valence-electron chi connectivity index (χ2n) is 7.39. The maximum Gasteiger partial charge on any atom is 0.107 e. The summed E-state index contributed by atoms with van der Waals surface area (Å²) >= 11 is 1.71. The van der Waals surface area contributed by atoms with Crippen molar-refractivity contribution in [1.82, 2.24) is 10.3 Å². The normalized spacial score (nSPS) is 27.8. The van der Waals surface area contributed by atoms with Gasteiger partial charge in [0.05, 0.1) is 11.3 Å². The molecule has 0 unspecified atom stereocenters. The van der Waals surface area contributed by atoms with Crippen LogP contribution in [0.5, 0.6) is 0 Å². The van der Waals surface area contributed by atoms with Gasteiger partial charge < -0.3 is 10.4 Å². The highest BCUT2D eigenvalue weighted by Crippen LogP contribution is 2.31. The van der Waals surface area contributed by atoms with E-state index >= 15 is 0 Å². The number of nitrogens with one attached hydrogen (secondary N) is 1. The summed E-state index contributed by atoms with van der Waals surface area (Å²) in [6.45, 7) is 10.3. The molecule has 2 rings (SSSR count). The Labute approximate surface area is 126 Å². The van der Waals surface area contributed by atoms with Crippen LogP contribution in [-0.2, 0) is 12.0 Å². The molecule has 0 spiro atoms. The van der Waals surface area contributed by atoms with Gasteiger partial charge in [-0.3, -0.25) is 0 Å². The van der Waals surface area contributed by atoms with Crippen LogP contribution in [0.4, 0.5) is 0 Å².